The Morgan fingerprint density at radius 2 is 1.86 bits per heavy atom. The van der Waals surface area contributed by atoms with E-state index in [1.54, 1.807) is 17.3 Å². The van der Waals surface area contributed by atoms with E-state index in [2.05, 4.69) is 12.1 Å². The summed E-state index contributed by atoms with van der Waals surface area (Å²) < 4.78 is 22.6. The van der Waals surface area contributed by atoms with Crippen LogP contribution in [-0.2, 0) is 22.9 Å². The van der Waals surface area contributed by atoms with Crippen molar-refractivity contribution >= 4 is 27.3 Å². The van der Waals surface area contributed by atoms with E-state index in [-0.39, 0.29) is 16.2 Å². The number of primary sulfonamides is 1. The molecule has 5 nitrogen and oxygen atoms in total. The highest BCUT2D eigenvalue weighted by Crippen LogP contribution is 2.27. The van der Waals surface area contributed by atoms with Gasteiger partial charge >= 0.3 is 0 Å². The van der Waals surface area contributed by atoms with Gasteiger partial charge in [0.2, 0.25) is 10.0 Å². The van der Waals surface area contributed by atoms with Crippen molar-refractivity contribution in [1.82, 2.24) is 4.90 Å². The van der Waals surface area contributed by atoms with Crippen molar-refractivity contribution in [2.75, 3.05) is 7.05 Å². The quantitative estimate of drug-likeness (QED) is 0.925. The molecule has 1 aliphatic rings. The number of nitrogens with zero attached hydrogens (tertiary/aromatic N) is 1. The Morgan fingerprint density at radius 1 is 1.27 bits per heavy atom. The van der Waals surface area contributed by atoms with Crippen LogP contribution < -0.4 is 5.14 Å². The third-order valence-corrected chi connectivity index (χ3v) is 6.39. The summed E-state index contributed by atoms with van der Waals surface area (Å²) >= 11 is 0.972. The van der Waals surface area contributed by atoms with Crippen LogP contribution in [0.1, 0.15) is 21.5 Å². The van der Waals surface area contributed by atoms with Crippen LogP contribution in [0.5, 0.6) is 0 Å². The summed E-state index contributed by atoms with van der Waals surface area (Å²) in [7, 11) is -2.00. The number of amides is 1. The minimum absolute atomic E-state index is 0.0129. The van der Waals surface area contributed by atoms with E-state index in [4.69, 9.17) is 5.14 Å². The highest BCUT2D eigenvalue weighted by atomic mass is 32.2. The molecule has 2 N–H and O–H groups in total. The molecule has 1 aromatic carbocycles. The summed E-state index contributed by atoms with van der Waals surface area (Å²) in [4.78, 5) is 14.2. The SMILES string of the molecule is CN(C(=O)c1csc(S(N)(=O)=O)c1)C1Cc2ccccc2C1. The summed E-state index contributed by atoms with van der Waals surface area (Å²) in [6.07, 6.45) is 1.65. The number of likely N-dealkylation sites (N-methyl/N-ethyl adjacent to an activating group) is 1. The Bertz CT molecular complexity index is 802. The average molecular weight is 336 g/mol. The van der Waals surface area contributed by atoms with Crippen LogP contribution in [0.2, 0.25) is 0 Å². The number of nitrogens with two attached hydrogens (primary N) is 1. The molecule has 0 fully saturated rings. The maximum Gasteiger partial charge on any atom is 0.254 e. The molecule has 1 amide bonds. The van der Waals surface area contributed by atoms with E-state index in [1.165, 1.54) is 17.2 Å². The maximum atomic E-state index is 12.5. The molecule has 2 aromatic rings. The summed E-state index contributed by atoms with van der Waals surface area (Å²) in [5.74, 6) is -0.177. The first kappa shape index (κ1) is 15.2. The van der Waals surface area contributed by atoms with Gasteiger partial charge in [0.1, 0.15) is 4.21 Å². The number of carbonyl (C=O) groups is 1. The lowest BCUT2D eigenvalue weighted by molar-refractivity contribution is 0.0738. The van der Waals surface area contributed by atoms with E-state index < -0.39 is 10.0 Å². The molecule has 0 saturated carbocycles. The van der Waals surface area contributed by atoms with Crippen molar-refractivity contribution < 1.29 is 13.2 Å². The smallest absolute Gasteiger partial charge is 0.254 e. The molecule has 116 valence electrons. The fourth-order valence-electron chi connectivity index (χ4n) is 2.76. The lowest BCUT2D eigenvalue weighted by Crippen LogP contribution is -2.37. The molecule has 1 heterocycles. The molecular formula is C15H16N2O3S2. The zero-order valence-corrected chi connectivity index (χ0v) is 13.7. The molecule has 1 aliphatic carbocycles. The predicted octanol–water partition coefficient (Wildman–Crippen LogP) is 1.63. The normalized spacial score (nSPS) is 14.8. The molecule has 7 heteroatoms. The first-order valence-corrected chi connectivity index (χ1v) is 9.24. The average Bonchev–Trinajstić information content (AvgIpc) is 3.11. The molecule has 0 spiro atoms. The van der Waals surface area contributed by atoms with Gasteiger partial charge in [-0.25, -0.2) is 13.6 Å². The Balaban J connectivity index is 1.77. The van der Waals surface area contributed by atoms with Gasteiger partial charge in [-0.05, 0) is 30.0 Å². The second kappa shape index (κ2) is 5.49. The van der Waals surface area contributed by atoms with E-state index in [9.17, 15) is 13.2 Å². The van der Waals surface area contributed by atoms with Crippen molar-refractivity contribution in [3.8, 4) is 0 Å². The van der Waals surface area contributed by atoms with E-state index >= 15 is 0 Å². The Kier molecular flexibility index (Phi) is 3.80. The minimum atomic E-state index is -3.76. The minimum Gasteiger partial charge on any atom is -0.338 e. The first-order valence-electron chi connectivity index (χ1n) is 6.81. The second-order valence-electron chi connectivity index (χ2n) is 5.45. The molecule has 0 saturated heterocycles. The van der Waals surface area contributed by atoms with Gasteiger partial charge in [0.05, 0.1) is 5.56 Å². The van der Waals surface area contributed by atoms with Crippen LogP contribution in [0.25, 0.3) is 0 Å². The van der Waals surface area contributed by atoms with Crippen molar-refractivity contribution in [2.45, 2.75) is 23.1 Å². The van der Waals surface area contributed by atoms with Crippen LogP contribution in [0.4, 0.5) is 0 Å². The third kappa shape index (κ3) is 2.79. The van der Waals surface area contributed by atoms with E-state index in [1.807, 2.05) is 12.1 Å². The van der Waals surface area contributed by atoms with Gasteiger partial charge in [0, 0.05) is 18.5 Å². The third-order valence-electron chi connectivity index (χ3n) is 4.00. The van der Waals surface area contributed by atoms with Gasteiger partial charge in [-0.15, -0.1) is 11.3 Å². The summed E-state index contributed by atoms with van der Waals surface area (Å²) in [6, 6.07) is 9.61. The van der Waals surface area contributed by atoms with Gasteiger partial charge in [-0.3, -0.25) is 4.79 Å². The highest BCUT2D eigenvalue weighted by Gasteiger charge is 2.28. The number of hydrogen-bond donors (Lipinski definition) is 1. The summed E-state index contributed by atoms with van der Waals surface area (Å²) in [5, 5.41) is 6.63. The van der Waals surface area contributed by atoms with Crippen molar-refractivity contribution in [2.24, 2.45) is 5.14 Å². The molecule has 0 unspecified atom stereocenters. The number of carbonyl (C=O) groups excluding carboxylic acids is 1. The Labute approximate surface area is 133 Å². The van der Waals surface area contributed by atoms with Crippen LogP contribution in [0.3, 0.4) is 0 Å². The van der Waals surface area contributed by atoms with Crippen molar-refractivity contribution in [3.05, 3.63) is 52.4 Å². The zero-order valence-electron chi connectivity index (χ0n) is 12.0. The lowest BCUT2D eigenvalue weighted by Gasteiger charge is -2.24. The molecule has 0 aliphatic heterocycles. The fourth-order valence-corrected chi connectivity index (χ4v) is 4.34. The van der Waals surface area contributed by atoms with Gasteiger partial charge in [-0.2, -0.15) is 0 Å². The second-order valence-corrected chi connectivity index (χ2v) is 8.15. The molecule has 0 radical (unpaired) electrons. The van der Waals surface area contributed by atoms with Gasteiger partial charge in [0.25, 0.3) is 5.91 Å². The molecule has 22 heavy (non-hydrogen) atoms. The topological polar surface area (TPSA) is 80.5 Å². The molecule has 3 rings (SSSR count). The van der Waals surface area contributed by atoms with Crippen LogP contribution in [0.15, 0.2) is 39.9 Å². The highest BCUT2D eigenvalue weighted by molar-refractivity contribution is 7.91. The van der Waals surface area contributed by atoms with Gasteiger partial charge < -0.3 is 4.90 Å². The predicted molar refractivity (Wildman–Crippen MR) is 85.4 cm³/mol. The Hall–Kier alpha value is -1.70. The fraction of sp³-hybridized carbons (Fsp3) is 0.267. The number of hydrogen-bond acceptors (Lipinski definition) is 4. The van der Waals surface area contributed by atoms with Crippen molar-refractivity contribution in [1.29, 1.82) is 0 Å². The number of rotatable bonds is 3. The zero-order chi connectivity index (χ0) is 15.9. The van der Waals surface area contributed by atoms with E-state index in [0.717, 1.165) is 24.2 Å². The van der Waals surface area contributed by atoms with Crippen LogP contribution >= 0.6 is 11.3 Å². The number of sulfonamides is 1. The summed E-state index contributed by atoms with van der Waals surface area (Å²) in [6.45, 7) is 0. The number of thiophene rings is 1. The largest absolute Gasteiger partial charge is 0.338 e. The summed E-state index contributed by atoms with van der Waals surface area (Å²) in [5.41, 5.74) is 2.90. The Morgan fingerprint density at radius 3 is 2.36 bits per heavy atom. The van der Waals surface area contributed by atoms with E-state index in [0.29, 0.717) is 5.56 Å². The van der Waals surface area contributed by atoms with Crippen molar-refractivity contribution in [3.63, 3.8) is 0 Å². The molecule has 0 bridgehead atoms. The van der Waals surface area contributed by atoms with Gasteiger partial charge in [0.15, 0.2) is 0 Å². The maximum absolute atomic E-state index is 12.5. The molecular weight excluding hydrogens is 320 g/mol. The molecule has 1 aromatic heterocycles. The number of fused-ring (bicyclic) bond motifs is 1. The van der Waals surface area contributed by atoms with Crippen LogP contribution in [-0.4, -0.2) is 32.3 Å². The van der Waals surface area contributed by atoms with Crippen LogP contribution in [0, 0.1) is 0 Å². The first-order chi connectivity index (χ1) is 10.4. The molecule has 0 atom stereocenters. The number of benzene rings is 1. The van der Waals surface area contributed by atoms with Gasteiger partial charge in [-0.1, -0.05) is 24.3 Å². The monoisotopic (exact) mass is 336 g/mol. The standard InChI is InChI=1S/C15H16N2O3S2/c1-17(13-6-10-4-2-3-5-11(10)7-13)15(18)12-8-14(21-9-12)22(16,19)20/h2-5,8-9,13H,6-7H2,1H3,(H2,16,19,20). The lowest BCUT2D eigenvalue weighted by atomic mass is 10.1.